The Morgan fingerprint density at radius 1 is 1.14 bits per heavy atom. The molecule has 0 aromatic rings. The molecule has 21 heavy (non-hydrogen) atoms. The maximum absolute atomic E-state index is 12.2. The number of rotatable bonds is 3. The molecule has 0 amide bonds. The fraction of sp³-hybridized carbons (Fsp3) is 0.941. The topological polar surface area (TPSA) is 62.4 Å². The summed E-state index contributed by atoms with van der Waals surface area (Å²) in [4.78, 5) is 12.2. The van der Waals surface area contributed by atoms with Gasteiger partial charge in [0.15, 0.2) is 0 Å². The molecule has 0 radical (unpaired) electrons. The van der Waals surface area contributed by atoms with E-state index >= 15 is 0 Å². The van der Waals surface area contributed by atoms with Crippen molar-refractivity contribution < 1.29 is 19.4 Å². The summed E-state index contributed by atoms with van der Waals surface area (Å²) < 4.78 is 11.8. The van der Waals surface area contributed by atoms with Gasteiger partial charge >= 0.3 is 5.97 Å². The van der Waals surface area contributed by atoms with Crippen molar-refractivity contribution in [3.05, 3.63) is 0 Å². The molecule has 118 valence electrons. The molecule has 4 aliphatic rings. The number of carboxylic acids is 1. The molecule has 1 N–H and O–H groups in total. The first-order valence-corrected chi connectivity index (χ1v) is 8.41. The highest BCUT2D eigenvalue weighted by atomic mass is 17.0. The highest BCUT2D eigenvalue weighted by molar-refractivity contribution is 5.77. The van der Waals surface area contributed by atoms with Gasteiger partial charge in [-0.1, -0.05) is 46.0 Å². The van der Waals surface area contributed by atoms with E-state index in [0.29, 0.717) is 12.3 Å². The average molecular weight is 294 g/mol. The number of aliphatic carboxylic acids is 1. The van der Waals surface area contributed by atoms with Crippen LogP contribution >= 0.6 is 0 Å². The van der Waals surface area contributed by atoms with Crippen molar-refractivity contribution in [1.29, 1.82) is 0 Å². The van der Waals surface area contributed by atoms with Gasteiger partial charge in [-0.2, -0.15) is 0 Å². The molecule has 2 saturated heterocycles. The molecular weight excluding hydrogens is 268 g/mol. The lowest BCUT2D eigenvalue weighted by Crippen LogP contribution is -2.54. The van der Waals surface area contributed by atoms with Crippen LogP contribution in [0, 0.1) is 22.7 Å². The van der Waals surface area contributed by atoms with Gasteiger partial charge in [-0.15, -0.1) is 0 Å². The van der Waals surface area contributed by atoms with Crippen molar-refractivity contribution in [2.45, 2.75) is 77.3 Å². The first-order valence-electron chi connectivity index (χ1n) is 8.41. The molecule has 0 spiro atoms. The van der Waals surface area contributed by atoms with Gasteiger partial charge in [0.2, 0.25) is 11.6 Å². The van der Waals surface area contributed by atoms with Crippen molar-refractivity contribution in [3.8, 4) is 0 Å². The summed E-state index contributed by atoms with van der Waals surface area (Å²) in [5, 5.41) is 9.99. The average Bonchev–Trinajstić information content (AvgIpc) is 3.21. The van der Waals surface area contributed by atoms with Gasteiger partial charge in [-0.3, -0.25) is 4.79 Å². The summed E-state index contributed by atoms with van der Waals surface area (Å²) in [6.07, 6.45) is 7.99. The summed E-state index contributed by atoms with van der Waals surface area (Å²) in [6.45, 7) is 6.05. The highest BCUT2D eigenvalue weighted by Gasteiger charge is 2.98. The first-order chi connectivity index (χ1) is 9.78. The molecule has 4 fully saturated rings. The molecule has 2 aliphatic heterocycles. The molecule has 0 aromatic heterocycles. The van der Waals surface area contributed by atoms with E-state index < -0.39 is 23.0 Å². The first kappa shape index (κ1) is 14.0. The lowest BCUT2D eigenvalue weighted by atomic mass is 9.52. The molecule has 2 heterocycles. The molecular formula is C17H26O4. The van der Waals surface area contributed by atoms with Crippen LogP contribution in [0.2, 0.25) is 0 Å². The van der Waals surface area contributed by atoms with E-state index in [0.717, 1.165) is 6.42 Å². The Labute approximate surface area is 126 Å². The van der Waals surface area contributed by atoms with Crippen LogP contribution in [0.3, 0.4) is 0 Å². The van der Waals surface area contributed by atoms with E-state index in [-0.39, 0.29) is 11.3 Å². The second-order valence-electron chi connectivity index (χ2n) is 8.49. The minimum atomic E-state index is -0.777. The van der Waals surface area contributed by atoms with Crippen molar-refractivity contribution in [1.82, 2.24) is 0 Å². The minimum absolute atomic E-state index is 0.0191. The Hall–Kier alpha value is -0.610. The molecule has 2 unspecified atom stereocenters. The second kappa shape index (κ2) is 3.83. The standard InChI is InChI=1S/C17H26O4/c1-14(2)10-16-17(20-16,21-16)12(15(14,3)13(18)19)9-11-7-5-4-6-8-11/h11-12H,4-10H2,1-3H3,(H,18,19). The SMILES string of the molecule is CC1(C)CC23OC2(O3)C(CC2CCCCC2)C1(C)C(=O)O. The maximum Gasteiger partial charge on any atom is 0.310 e. The minimum Gasteiger partial charge on any atom is -0.481 e. The second-order valence-corrected chi connectivity index (χ2v) is 8.49. The van der Waals surface area contributed by atoms with Crippen molar-refractivity contribution >= 4 is 5.97 Å². The van der Waals surface area contributed by atoms with Gasteiger partial charge in [0.1, 0.15) is 0 Å². The quantitative estimate of drug-likeness (QED) is 0.809. The Morgan fingerprint density at radius 3 is 2.33 bits per heavy atom. The fourth-order valence-electron chi connectivity index (χ4n) is 5.25. The predicted octanol–water partition coefficient (Wildman–Crippen LogP) is 3.55. The Balaban J connectivity index is 1.66. The van der Waals surface area contributed by atoms with Crippen LogP contribution in [0.4, 0.5) is 0 Å². The van der Waals surface area contributed by atoms with Gasteiger partial charge in [-0.25, -0.2) is 0 Å². The van der Waals surface area contributed by atoms with Crippen LogP contribution in [0.15, 0.2) is 0 Å². The number of carbonyl (C=O) groups is 1. The van der Waals surface area contributed by atoms with E-state index in [2.05, 4.69) is 13.8 Å². The van der Waals surface area contributed by atoms with Crippen LogP contribution in [-0.2, 0) is 14.3 Å². The van der Waals surface area contributed by atoms with Gasteiger partial charge in [0, 0.05) is 12.3 Å². The number of carboxylic acid groups (broad SMARTS) is 1. The largest absolute Gasteiger partial charge is 0.481 e. The molecule has 2 atom stereocenters. The van der Waals surface area contributed by atoms with Gasteiger partial charge in [-0.05, 0) is 24.7 Å². The zero-order valence-electron chi connectivity index (χ0n) is 13.3. The van der Waals surface area contributed by atoms with Crippen molar-refractivity contribution in [2.75, 3.05) is 0 Å². The van der Waals surface area contributed by atoms with E-state index in [1.54, 1.807) is 0 Å². The molecule has 2 aliphatic carbocycles. The summed E-state index contributed by atoms with van der Waals surface area (Å²) in [7, 11) is 0. The molecule has 4 rings (SSSR count). The zero-order chi connectivity index (χ0) is 15.1. The summed E-state index contributed by atoms with van der Waals surface area (Å²) in [5.41, 5.74) is -1.09. The van der Waals surface area contributed by atoms with E-state index in [9.17, 15) is 9.90 Å². The highest BCUT2D eigenvalue weighted by Crippen LogP contribution is 2.83. The lowest BCUT2D eigenvalue weighted by molar-refractivity contribution is -0.170. The summed E-state index contributed by atoms with van der Waals surface area (Å²) in [5.74, 6) is -1.05. The van der Waals surface area contributed by atoms with Crippen molar-refractivity contribution in [2.24, 2.45) is 22.7 Å². The van der Waals surface area contributed by atoms with Crippen LogP contribution < -0.4 is 0 Å². The Morgan fingerprint density at radius 2 is 1.76 bits per heavy atom. The van der Waals surface area contributed by atoms with E-state index in [1.165, 1.54) is 32.1 Å². The summed E-state index contributed by atoms with van der Waals surface area (Å²) in [6, 6.07) is 0. The third-order valence-electron chi connectivity index (χ3n) is 7.05. The lowest BCUT2D eigenvalue weighted by Gasteiger charge is -2.47. The van der Waals surface area contributed by atoms with Crippen LogP contribution in [-0.4, -0.2) is 22.7 Å². The fourth-order valence-corrected chi connectivity index (χ4v) is 5.25. The predicted molar refractivity (Wildman–Crippen MR) is 76.5 cm³/mol. The normalized spacial score (nSPS) is 50.9. The van der Waals surface area contributed by atoms with Crippen LogP contribution in [0.1, 0.15) is 65.7 Å². The third-order valence-corrected chi connectivity index (χ3v) is 7.05. The number of ether oxygens (including phenoxy) is 2. The van der Waals surface area contributed by atoms with Crippen LogP contribution in [0.25, 0.3) is 0 Å². The molecule has 0 aromatic carbocycles. The van der Waals surface area contributed by atoms with E-state index in [1.807, 2.05) is 6.92 Å². The number of hydrogen-bond donors (Lipinski definition) is 1. The number of hydrogen-bond acceptors (Lipinski definition) is 3. The molecule has 0 bridgehead atoms. The van der Waals surface area contributed by atoms with Gasteiger partial charge < -0.3 is 14.6 Å². The molecule has 4 heteroatoms. The van der Waals surface area contributed by atoms with Crippen molar-refractivity contribution in [3.63, 3.8) is 0 Å². The Kier molecular flexibility index (Phi) is 2.55. The molecule has 2 saturated carbocycles. The van der Waals surface area contributed by atoms with E-state index in [4.69, 9.17) is 9.47 Å². The van der Waals surface area contributed by atoms with Gasteiger partial charge in [0.25, 0.3) is 0 Å². The Bertz CT molecular complexity index is 485. The summed E-state index contributed by atoms with van der Waals surface area (Å²) >= 11 is 0. The monoisotopic (exact) mass is 294 g/mol. The van der Waals surface area contributed by atoms with Crippen LogP contribution in [0.5, 0.6) is 0 Å². The molecule has 4 nitrogen and oxygen atoms in total. The smallest absolute Gasteiger partial charge is 0.310 e. The third kappa shape index (κ3) is 1.56. The number of epoxide rings is 2. The zero-order valence-corrected chi connectivity index (χ0v) is 13.3. The maximum atomic E-state index is 12.2. The van der Waals surface area contributed by atoms with Gasteiger partial charge in [0.05, 0.1) is 5.41 Å².